The topological polar surface area (TPSA) is 69.4 Å². The number of methoxy groups -OCH3 is 1. The van der Waals surface area contributed by atoms with E-state index in [1.807, 2.05) is 0 Å². The molecule has 8 heteroatoms. The van der Waals surface area contributed by atoms with Gasteiger partial charge in [-0.3, -0.25) is 0 Å². The predicted molar refractivity (Wildman–Crippen MR) is 54.9 cm³/mol. The first-order chi connectivity index (χ1) is 7.68. The van der Waals surface area contributed by atoms with Gasteiger partial charge < -0.3 is 4.74 Å². The van der Waals surface area contributed by atoms with Crippen LogP contribution >= 0.6 is 0 Å². The smallest absolute Gasteiger partial charge is 0.410 e. The van der Waals surface area contributed by atoms with Gasteiger partial charge in [-0.05, 0) is 6.07 Å². The van der Waals surface area contributed by atoms with Crippen molar-refractivity contribution in [2.75, 3.05) is 7.11 Å². The summed E-state index contributed by atoms with van der Waals surface area (Å²) in [6.45, 7) is 0. The fraction of sp³-hybridized carbons (Fsp3) is 0.333. The van der Waals surface area contributed by atoms with Crippen LogP contribution in [0.5, 0.6) is 5.75 Å². The number of ether oxygens (including phenoxy) is 1. The maximum absolute atomic E-state index is 12.7. The van der Waals surface area contributed by atoms with Crippen LogP contribution in [0, 0.1) is 0 Å². The Morgan fingerprint density at radius 3 is 2.24 bits per heavy atom. The molecule has 0 aliphatic heterocycles. The molecule has 0 fully saturated rings. The fourth-order valence-corrected chi connectivity index (χ4v) is 2.34. The summed E-state index contributed by atoms with van der Waals surface area (Å²) in [6.07, 6.45) is -5.00. The normalized spacial score (nSPS) is 14.4. The van der Waals surface area contributed by atoms with E-state index in [1.54, 1.807) is 0 Å². The molecule has 0 aliphatic carbocycles. The zero-order valence-electron chi connectivity index (χ0n) is 8.73. The minimum atomic E-state index is -5.00. The number of rotatable bonds is 3. The van der Waals surface area contributed by atoms with Gasteiger partial charge in [0.1, 0.15) is 5.75 Å². The van der Waals surface area contributed by atoms with E-state index >= 15 is 0 Å². The molecule has 0 spiro atoms. The Hall–Kier alpha value is -1.28. The van der Waals surface area contributed by atoms with E-state index in [9.17, 15) is 21.6 Å². The molecule has 0 amide bonds. The van der Waals surface area contributed by atoms with Crippen molar-refractivity contribution in [1.29, 1.82) is 0 Å². The molecular weight excluding hydrogens is 259 g/mol. The molecule has 1 unspecified atom stereocenters. The van der Waals surface area contributed by atoms with Crippen molar-refractivity contribution in [2.24, 2.45) is 5.14 Å². The second-order valence-electron chi connectivity index (χ2n) is 3.25. The average molecular weight is 269 g/mol. The number of hydrogen-bond donors (Lipinski definition) is 1. The lowest BCUT2D eigenvalue weighted by Crippen LogP contribution is -2.33. The Bertz CT molecular complexity index is 498. The summed E-state index contributed by atoms with van der Waals surface area (Å²) < 4.78 is 64.9. The third kappa shape index (κ3) is 3.10. The molecule has 0 saturated heterocycles. The summed E-state index contributed by atoms with van der Waals surface area (Å²) >= 11 is 0. The van der Waals surface area contributed by atoms with Gasteiger partial charge in [0.05, 0.1) is 7.11 Å². The molecule has 96 valence electrons. The summed E-state index contributed by atoms with van der Waals surface area (Å²) in [6, 6.07) is 4.96. The molecule has 0 bridgehead atoms. The number of sulfonamides is 1. The molecule has 4 nitrogen and oxygen atoms in total. The predicted octanol–water partition coefficient (Wildman–Crippen LogP) is 1.59. The molecule has 1 aromatic carbocycles. The van der Waals surface area contributed by atoms with Gasteiger partial charge in [-0.1, -0.05) is 18.2 Å². The second-order valence-corrected chi connectivity index (χ2v) is 4.90. The molecule has 1 atom stereocenters. The lowest BCUT2D eigenvalue weighted by atomic mass is 10.1. The van der Waals surface area contributed by atoms with Crippen LogP contribution in [0.2, 0.25) is 0 Å². The van der Waals surface area contributed by atoms with Gasteiger partial charge in [-0.25, -0.2) is 13.6 Å². The number of primary sulfonamides is 1. The van der Waals surface area contributed by atoms with E-state index in [0.29, 0.717) is 0 Å². The molecule has 0 aromatic heterocycles. The molecule has 17 heavy (non-hydrogen) atoms. The molecule has 2 N–H and O–H groups in total. The van der Waals surface area contributed by atoms with Crippen molar-refractivity contribution in [3.05, 3.63) is 29.8 Å². The van der Waals surface area contributed by atoms with Crippen LogP contribution < -0.4 is 9.88 Å². The molecule has 0 aliphatic rings. The third-order valence-electron chi connectivity index (χ3n) is 2.05. The quantitative estimate of drug-likeness (QED) is 0.905. The Morgan fingerprint density at radius 2 is 1.82 bits per heavy atom. The standard InChI is InChI=1S/C9H10F3NO3S/c1-16-7-5-3-2-4-6(7)8(9(10,11)12)17(13,14)15/h2-5,8H,1H3,(H2,13,14,15). The van der Waals surface area contributed by atoms with Crippen LogP contribution in [0.4, 0.5) is 13.2 Å². The minimum Gasteiger partial charge on any atom is -0.496 e. The Labute approximate surface area is 96.2 Å². The van der Waals surface area contributed by atoms with Crippen molar-refractivity contribution >= 4 is 10.0 Å². The Morgan fingerprint density at radius 1 is 1.29 bits per heavy atom. The summed E-state index contributed by atoms with van der Waals surface area (Å²) in [5.74, 6) is -0.177. The highest BCUT2D eigenvalue weighted by Crippen LogP contribution is 2.41. The van der Waals surface area contributed by atoms with Crippen LogP contribution in [0.3, 0.4) is 0 Å². The monoisotopic (exact) mass is 269 g/mol. The van der Waals surface area contributed by atoms with E-state index in [-0.39, 0.29) is 5.75 Å². The highest BCUT2D eigenvalue weighted by atomic mass is 32.2. The van der Waals surface area contributed by atoms with Gasteiger partial charge >= 0.3 is 6.18 Å². The highest BCUT2D eigenvalue weighted by Gasteiger charge is 2.49. The van der Waals surface area contributed by atoms with Gasteiger partial charge in [0.15, 0.2) is 5.25 Å². The third-order valence-corrected chi connectivity index (χ3v) is 3.23. The van der Waals surface area contributed by atoms with Gasteiger partial charge in [-0.15, -0.1) is 0 Å². The largest absolute Gasteiger partial charge is 0.496 e. The minimum absolute atomic E-state index is 0.177. The van der Waals surface area contributed by atoms with Crippen LogP contribution in [-0.4, -0.2) is 21.7 Å². The average Bonchev–Trinajstić information content (AvgIpc) is 2.14. The first-order valence-electron chi connectivity index (χ1n) is 4.39. The van der Waals surface area contributed by atoms with E-state index in [1.165, 1.54) is 18.2 Å². The zero-order chi connectivity index (χ0) is 13.3. The Kier molecular flexibility index (Phi) is 3.68. The van der Waals surface area contributed by atoms with Crippen LogP contribution in [0.15, 0.2) is 24.3 Å². The van der Waals surface area contributed by atoms with Crippen molar-refractivity contribution in [2.45, 2.75) is 11.4 Å². The molecule has 1 aromatic rings. The first kappa shape index (κ1) is 13.8. The molecule has 0 radical (unpaired) electrons. The van der Waals surface area contributed by atoms with Crippen molar-refractivity contribution in [1.82, 2.24) is 0 Å². The Balaban J connectivity index is 3.44. The van der Waals surface area contributed by atoms with Crippen molar-refractivity contribution in [3.8, 4) is 5.75 Å². The summed E-state index contributed by atoms with van der Waals surface area (Å²) in [7, 11) is -3.67. The van der Waals surface area contributed by atoms with Gasteiger partial charge in [0.2, 0.25) is 10.0 Å². The molecular formula is C9H10F3NO3S. The SMILES string of the molecule is COc1ccccc1C(C(F)(F)F)S(N)(=O)=O. The summed E-state index contributed by atoms with van der Waals surface area (Å²) in [5, 5.41) is 1.83. The van der Waals surface area contributed by atoms with Crippen LogP contribution in [-0.2, 0) is 10.0 Å². The van der Waals surface area contributed by atoms with Crippen LogP contribution in [0.25, 0.3) is 0 Å². The maximum Gasteiger partial charge on any atom is 0.410 e. The number of hydrogen-bond acceptors (Lipinski definition) is 3. The van der Waals surface area contributed by atoms with E-state index < -0.39 is 27.0 Å². The lowest BCUT2D eigenvalue weighted by Gasteiger charge is -2.20. The molecule has 0 saturated carbocycles. The summed E-state index contributed by atoms with van der Waals surface area (Å²) in [5.41, 5.74) is -0.523. The second kappa shape index (κ2) is 4.53. The number of halogens is 3. The highest BCUT2D eigenvalue weighted by molar-refractivity contribution is 7.89. The first-order valence-corrected chi connectivity index (χ1v) is 6.00. The van der Waals surface area contributed by atoms with E-state index in [0.717, 1.165) is 13.2 Å². The van der Waals surface area contributed by atoms with Gasteiger partial charge in [-0.2, -0.15) is 13.2 Å². The number of alkyl halides is 3. The lowest BCUT2D eigenvalue weighted by molar-refractivity contribution is -0.131. The zero-order valence-corrected chi connectivity index (χ0v) is 9.55. The molecule has 0 heterocycles. The number of benzene rings is 1. The number of nitrogens with two attached hydrogens (primary N) is 1. The molecule has 1 rings (SSSR count). The van der Waals surface area contributed by atoms with Gasteiger partial charge in [0, 0.05) is 5.56 Å². The fourth-order valence-electron chi connectivity index (χ4n) is 1.42. The maximum atomic E-state index is 12.7. The van der Waals surface area contributed by atoms with Gasteiger partial charge in [0.25, 0.3) is 0 Å². The van der Waals surface area contributed by atoms with Crippen LogP contribution in [0.1, 0.15) is 10.8 Å². The van der Waals surface area contributed by atoms with E-state index in [4.69, 9.17) is 4.74 Å². The van der Waals surface area contributed by atoms with E-state index in [2.05, 4.69) is 5.14 Å². The summed E-state index contributed by atoms with van der Waals surface area (Å²) in [4.78, 5) is 0. The van der Waals surface area contributed by atoms with Crippen molar-refractivity contribution in [3.63, 3.8) is 0 Å². The number of para-hydroxylation sites is 1. The van der Waals surface area contributed by atoms with Crippen molar-refractivity contribution < 1.29 is 26.3 Å².